The van der Waals surface area contributed by atoms with E-state index in [0.717, 1.165) is 16.3 Å². The third kappa shape index (κ3) is 4.82. The Balaban J connectivity index is 1.86. The number of rotatable bonds is 6. The van der Waals surface area contributed by atoms with Gasteiger partial charge in [-0.25, -0.2) is 9.78 Å². The normalized spacial score (nSPS) is 13.4. The summed E-state index contributed by atoms with van der Waals surface area (Å²) >= 11 is 1.52. The van der Waals surface area contributed by atoms with Gasteiger partial charge in [-0.3, -0.25) is 0 Å². The molecule has 0 radical (unpaired) electrons. The molecule has 2 aromatic rings. The molecule has 2 amide bonds. The van der Waals surface area contributed by atoms with E-state index < -0.39 is 0 Å². The molecule has 6 heteroatoms. The number of nitrogens with zero attached hydrogens (tertiary/aromatic N) is 1. The van der Waals surface area contributed by atoms with E-state index in [-0.39, 0.29) is 24.7 Å². The van der Waals surface area contributed by atoms with Crippen LogP contribution in [0.2, 0.25) is 0 Å². The highest BCUT2D eigenvalue weighted by Crippen LogP contribution is 2.17. The van der Waals surface area contributed by atoms with Crippen LogP contribution < -0.4 is 10.6 Å². The number of carbonyl (C=O) groups excluding carboxylic acids is 1. The third-order valence-corrected chi connectivity index (χ3v) is 4.38. The van der Waals surface area contributed by atoms with Crippen molar-refractivity contribution in [3.05, 3.63) is 52.0 Å². The van der Waals surface area contributed by atoms with E-state index in [1.165, 1.54) is 11.3 Å². The van der Waals surface area contributed by atoms with Crippen molar-refractivity contribution < 1.29 is 9.90 Å². The predicted molar refractivity (Wildman–Crippen MR) is 88.0 cm³/mol. The third-order valence-electron chi connectivity index (χ3n) is 3.24. The maximum Gasteiger partial charge on any atom is 0.315 e. The zero-order valence-electron chi connectivity index (χ0n) is 12.7. The second kappa shape index (κ2) is 7.91. The summed E-state index contributed by atoms with van der Waals surface area (Å²) < 4.78 is 0. The van der Waals surface area contributed by atoms with E-state index >= 15 is 0 Å². The highest BCUT2D eigenvalue weighted by atomic mass is 32.1. The summed E-state index contributed by atoms with van der Waals surface area (Å²) in [6.07, 6.45) is 0.593. The number of hydrogen-bond acceptors (Lipinski definition) is 4. The largest absolute Gasteiger partial charge is 0.394 e. The van der Waals surface area contributed by atoms with Gasteiger partial charge < -0.3 is 15.7 Å². The molecule has 1 heterocycles. The first-order valence-corrected chi connectivity index (χ1v) is 8.10. The summed E-state index contributed by atoms with van der Waals surface area (Å²) in [4.78, 5) is 16.4. The SMILES string of the molecule is Cc1csc([C@@H](C)NC(=O)N[C@H](CO)Cc2ccccc2)n1. The molecule has 1 aromatic heterocycles. The van der Waals surface area contributed by atoms with Gasteiger partial charge in [0.2, 0.25) is 0 Å². The van der Waals surface area contributed by atoms with E-state index in [1.54, 1.807) is 0 Å². The van der Waals surface area contributed by atoms with Gasteiger partial charge in [0.25, 0.3) is 0 Å². The van der Waals surface area contributed by atoms with Crippen LogP contribution in [0.1, 0.15) is 29.2 Å². The summed E-state index contributed by atoms with van der Waals surface area (Å²) in [5.74, 6) is 0. The van der Waals surface area contributed by atoms with Crippen molar-refractivity contribution in [1.82, 2.24) is 15.6 Å². The summed E-state index contributed by atoms with van der Waals surface area (Å²) in [6.45, 7) is 3.71. The highest BCUT2D eigenvalue weighted by Gasteiger charge is 2.16. The molecule has 2 atom stereocenters. The number of aryl methyl sites for hydroxylation is 1. The van der Waals surface area contributed by atoms with Crippen molar-refractivity contribution in [1.29, 1.82) is 0 Å². The molecule has 2 rings (SSSR count). The van der Waals surface area contributed by atoms with Crippen LogP contribution in [-0.2, 0) is 6.42 Å². The Labute approximate surface area is 134 Å². The van der Waals surface area contributed by atoms with Gasteiger partial charge in [-0.05, 0) is 25.8 Å². The minimum Gasteiger partial charge on any atom is -0.394 e. The smallest absolute Gasteiger partial charge is 0.315 e. The number of aliphatic hydroxyl groups is 1. The van der Waals surface area contributed by atoms with Crippen LogP contribution in [0, 0.1) is 6.92 Å². The van der Waals surface area contributed by atoms with Gasteiger partial charge in [0.05, 0.1) is 18.7 Å². The van der Waals surface area contributed by atoms with Crippen LogP contribution in [0.5, 0.6) is 0 Å². The van der Waals surface area contributed by atoms with Crippen molar-refractivity contribution in [2.75, 3.05) is 6.61 Å². The van der Waals surface area contributed by atoms with Gasteiger partial charge in [0.15, 0.2) is 0 Å². The quantitative estimate of drug-likeness (QED) is 0.765. The zero-order chi connectivity index (χ0) is 15.9. The molecule has 0 saturated heterocycles. The molecular formula is C16H21N3O2S. The molecule has 1 aromatic carbocycles. The molecule has 118 valence electrons. The zero-order valence-corrected chi connectivity index (χ0v) is 13.6. The molecule has 5 nitrogen and oxygen atoms in total. The maximum atomic E-state index is 12.0. The van der Waals surface area contributed by atoms with E-state index in [4.69, 9.17) is 0 Å². The van der Waals surface area contributed by atoms with E-state index in [9.17, 15) is 9.90 Å². The van der Waals surface area contributed by atoms with Crippen molar-refractivity contribution in [2.45, 2.75) is 32.4 Å². The van der Waals surface area contributed by atoms with Crippen molar-refractivity contribution in [3.8, 4) is 0 Å². The highest BCUT2D eigenvalue weighted by molar-refractivity contribution is 7.09. The lowest BCUT2D eigenvalue weighted by Gasteiger charge is -2.19. The number of aliphatic hydroxyl groups excluding tert-OH is 1. The van der Waals surface area contributed by atoms with Gasteiger partial charge in [-0.1, -0.05) is 30.3 Å². The molecular weight excluding hydrogens is 298 g/mol. The fourth-order valence-electron chi connectivity index (χ4n) is 2.12. The first-order chi connectivity index (χ1) is 10.6. The average Bonchev–Trinajstić information content (AvgIpc) is 2.94. The monoisotopic (exact) mass is 319 g/mol. The molecule has 0 unspecified atom stereocenters. The van der Waals surface area contributed by atoms with E-state index in [1.807, 2.05) is 49.6 Å². The van der Waals surface area contributed by atoms with Crippen LogP contribution >= 0.6 is 11.3 Å². The summed E-state index contributed by atoms with van der Waals surface area (Å²) in [7, 11) is 0. The molecule has 0 bridgehead atoms. The minimum atomic E-state index is -0.312. The van der Waals surface area contributed by atoms with Gasteiger partial charge in [0.1, 0.15) is 5.01 Å². The van der Waals surface area contributed by atoms with E-state index in [2.05, 4.69) is 15.6 Å². The lowest BCUT2D eigenvalue weighted by atomic mass is 10.1. The molecule has 22 heavy (non-hydrogen) atoms. The molecule has 0 aliphatic heterocycles. The topological polar surface area (TPSA) is 74.2 Å². The molecule has 0 aliphatic rings. The van der Waals surface area contributed by atoms with E-state index in [0.29, 0.717) is 6.42 Å². The standard InChI is InChI=1S/C16H21N3O2S/c1-11-10-22-15(17-11)12(2)18-16(21)19-14(9-20)8-13-6-4-3-5-7-13/h3-7,10,12,14,20H,8-9H2,1-2H3,(H2,18,19,21)/t12-,14+/m1/s1. The lowest BCUT2D eigenvalue weighted by Crippen LogP contribution is -2.45. The Hall–Kier alpha value is -1.92. The molecule has 0 aliphatic carbocycles. The molecule has 0 fully saturated rings. The summed E-state index contributed by atoms with van der Waals surface area (Å²) in [6, 6.07) is 9.01. The van der Waals surface area contributed by atoms with Crippen LogP contribution in [0.3, 0.4) is 0 Å². The van der Waals surface area contributed by atoms with Crippen LogP contribution in [0.4, 0.5) is 4.79 Å². The second-order valence-electron chi connectivity index (χ2n) is 5.24. The maximum absolute atomic E-state index is 12.0. The number of carbonyl (C=O) groups is 1. The summed E-state index contributed by atoms with van der Waals surface area (Å²) in [5.41, 5.74) is 2.02. The number of nitrogens with one attached hydrogen (secondary N) is 2. The van der Waals surface area contributed by atoms with Gasteiger partial charge in [-0.15, -0.1) is 11.3 Å². The van der Waals surface area contributed by atoms with Gasteiger partial charge >= 0.3 is 6.03 Å². The average molecular weight is 319 g/mol. The number of thiazole rings is 1. The molecule has 0 saturated carbocycles. The number of amides is 2. The van der Waals surface area contributed by atoms with Gasteiger partial charge in [-0.2, -0.15) is 0 Å². The predicted octanol–water partition coefficient (Wildman–Crippen LogP) is 2.42. The fraction of sp³-hybridized carbons (Fsp3) is 0.375. The number of urea groups is 1. The van der Waals surface area contributed by atoms with Crippen molar-refractivity contribution >= 4 is 17.4 Å². The second-order valence-corrected chi connectivity index (χ2v) is 6.13. The van der Waals surface area contributed by atoms with Crippen LogP contribution in [0.15, 0.2) is 35.7 Å². The first kappa shape index (κ1) is 16.5. The Morgan fingerprint density at radius 2 is 2.05 bits per heavy atom. The minimum absolute atomic E-state index is 0.104. The Morgan fingerprint density at radius 1 is 1.32 bits per heavy atom. The summed E-state index contributed by atoms with van der Waals surface area (Å²) in [5, 5.41) is 17.9. The fourth-order valence-corrected chi connectivity index (χ4v) is 2.92. The van der Waals surface area contributed by atoms with Crippen LogP contribution in [-0.4, -0.2) is 28.8 Å². The van der Waals surface area contributed by atoms with Crippen LogP contribution in [0.25, 0.3) is 0 Å². The van der Waals surface area contributed by atoms with Gasteiger partial charge in [0, 0.05) is 11.1 Å². The Kier molecular flexibility index (Phi) is 5.91. The first-order valence-electron chi connectivity index (χ1n) is 7.22. The molecule has 3 N–H and O–H groups in total. The Morgan fingerprint density at radius 3 is 2.64 bits per heavy atom. The lowest BCUT2D eigenvalue weighted by molar-refractivity contribution is 0.213. The number of hydrogen-bond donors (Lipinski definition) is 3. The van der Waals surface area contributed by atoms with Crippen molar-refractivity contribution in [3.63, 3.8) is 0 Å². The van der Waals surface area contributed by atoms with Crippen molar-refractivity contribution in [2.24, 2.45) is 0 Å². The number of aromatic nitrogens is 1. The molecule has 0 spiro atoms. The Bertz CT molecular complexity index is 600. The number of benzene rings is 1.